The van der Waals surface area contributed by atoms with Crippen molar-refractivity contribution in [2.24, 2.45) is 0 Å². The largest absolute Gasteiger partial charge is 0.351 e. The van der Waals surface area contributed by atoms with Crippen molar-refractivity contribution in [1.29, 1.82) is 0 Å². The Balaban J connectivity index is 1.62. The van der Waals surface area contributed by atoms with Gasteiger partial charge in [-0.2, -0.15) is 5.10 Å². The highest BCUT2D eigenvalue weighted by Crippen LogP contribution is 2.19. The summed E-state index contributed by atoms with van der Waals surface area (Å²) in [5.74, 6) is 0.618. The predicted molar refractivity (Wildman–Crippen MR) is 92.3 cm³/mol. The van der Waals surface area contributed by atoms with Gasteiger partial charge in [-0.15, -0.1) is 0 Å². The van der Waals surface area contributed by atoms with Crippen LogP contribution in [0.4, 0.5) is 10.3 Å². The number of imidazole rings is 1. The second kappa shape index (κ2) is 6.47. The van der Waals surface area contributed by atoms with Crippen LogP contribution in [-0.4, -0.2) is 19.3 Å². The van der Waals surface area contributed by atoms with Crippen molar-refractivity contribution in [3.63, 3.8) is 0 Å². The van der Waals surface area contributed by atoms with E-state index in [-0.39, 0.29) is 11.4 Å². The number of benzene rings is 1. The van der Waals surface area contributed by atoms with Gasteiger partial charge in [-0.05, 0) is 38.5 Å². The number of hydrogen-bond acceptors (Lipinski definition) is 3. The number of aromatic nitrogens is 4. The van der Waals surface area contributed by atoms with E-state index >= 15 is 0 Å². The summed E-state index contributed by atoms with van der Waals surface area (Å²) in [6.45, 7) is 7.69. The molecule has 0 saturated carbocycles. The smallest absolute Gasteiger partial charge is 0.203 e. The molecular formula is C18H22FN5. The molecule has 0 bridgehead atoms. The number of hydrogen-bond donors (Lipinski definition) is 1. The number of rotatable bonds is 5. The molecule has 0 spiro atoms. The first-order valence-electron chi connectivity index (χ1n) is 7.95. The maximum atomic E-state index is 12.9. The minimum Gasteiger partial charge on any atom is -0.351 e. The monoisotopic (exact) mass is 327 g/mol. The number of anilines is 1. The molecule has 3 aromatic rings. The molecule has 0 saturated heterocycles. The molecule has 0 amide bonds. The molecule has 2 heterocycles. The molecule has 3 rings (SSSR count). The Morgan fingerprint density at radius 2 is 1.88 bits per heavy atom. The number of nitrogens with one attached hydrogen (secondary N) is 1. The van der Waals surface area contributed by atoms with Crippen molar-refractivity contribution in [2.75, 3.05) is 5.32 Å². The van der Waals surface area contributed by atoms with Crippen LogP contribution in [0.1, 0.15) is 31.9 Å². The zero-order valence-electron chi connectivity index (χ0n) is 14.2. The van der Waals surface area contributed by atoms with Crippen molar-refractivity contribution >= 4 is 5.95 Å². The van der Waals surface area contributed by atoms with E-state index < -0.39 is 0 Å². The van der Waals surface area contributed by atoms with E-state index in [0.717, 1.165) is 17.1 Å². The number of nitrogens with zero attached hydrogens (tertiary/aromatic N) is 4. The van der Waals surface area contributed by atoms with Crippen LogP contribution in [0.15, 0.2) is 49.1 Å². The first kappa shape index (κ1) is 16.2. The molecule has 0 fully saturated rings. The SMILES string of the molecule is CC(C)(C)n1ccnc1NCc1cnn(Cc2ccc(F)cc2)c1. The van der Waals surface area contributed by atoms with Gasteiger partial charge in [0.15, 0.2) is 0 Å². The van der Waals surface area contributed by atoms with E-state index in [9.17, 15) is 4.39 Å². The summed E-state index contributed by atoms with van der Waals surface area (Å²) in [5.41, 5.74) is 2.06. The molecule has 0 aliphatic rings. The third-order valence-corrected chi connectivity index (χ3v) is 3.76. The van der Waals surface area contributed by atoms with Crippen molar-refractivity contribution < 1.29 is 4.39 Å². The van der Waals surface area contributed by atoms with E-state index in [1.165, 1.54) is 12.1 Å². The maximum absolute atomic E-state index is 12.9. The first-order chi connectivity index (χ1) is 11.4. The summed E-state index contributed by atoms with van der Waals surface area (Å²) < 4.78 is 16.9. The van der Waals surface area contributed by atoms with E-state index in [1.54, 1.807) is 18.3 Å². The molecule has 6 heteroatoms. The maximum Gasteiger partial charge on any atom is 0.203 e. The van der Waals surface area contributed by atoms with Gasteiger partial charge in [-0.3, -0.25) is 4.68 Å². The lowest BCUT2D eigenvalue weighted by atomic mass is 10.1. The highest BCUT2D eigenvalue weighted by atomic mass is 19.1. The van der Waals surface area contributed by atoms with Crippen LogP contribution in [0.25, 0.3) is 0 Å². The second-order valence-corrected chi connectivity index (χ2v) is 6.82. The zero-order chi connectivity index (χ0) is 17.2. The number of halogens is 1. The van der Waals surface area contributed by atoms with Crippen LogP contribution < -0.4 is 5.32 Å². The Kier molecular flexibility index (Phi) is 4.38. The van der Waals surface area contributed by atoms with Crippen LogP contribution in [0.3, 0.4) is 0 Å². The molecular weight excluding hydrogens is 305 g/mol. The average Bonchev–Trinajstić information content (AvgIpc) is 3.16. The van der Waals surface area contributed by atoms with Gasteiger partial charge in [0, 0.05) is 36.2 Å². The Hall–Kier alpha value is -2.63. The predicted octanol–water partition coefficient (Wildman–Crippen LogP) is 3.63. The summed E-state index contributed by atoms with van der Waals surface area (Å²) >= 11 is 0. The molecule has 1 N–H and O–H groups in total. The third-order valence-electron chi connectivity index (χ3n) is 3.76. The fourth-order valence-corrected chi connectivity index (χ4v) is 2.52. The molecule has 0 atom stereocenters. The minimum atomic E-state index is -0.224. The van der Waals surface area contributed by atoms with Gasteiger partial charge >= 0.3 is 0 Å². The van der Waals surface area contributed by atoms with E-state index in [2.05, 4.69) is 40.7 Å². The van der Waals surface area contributed by atoms with E-state index in [1.807, 2.05) is 23.3 Å². The molecule has 0 radical (unpaired) electrons. The summed E-state index contributed by atoms with van der Waals surface area (Å²) in [6, 6.07) is 6.48. The fourth-order valence-electron chi connectivity index (χ4n) is 2.52. The highest BCUT2D eigenvalue weighted by Gasteiger charge is 2.16. The van der Waals surface area contributed by atoms with Gasteiger partial charge in [-0.25, -0.2) is 9.37 Å². The van der Waals surface area contributed by atoms with Crippen LogP contribution in [0, 0.1) is 5.82 Å². The van der Waals surface area contributed by atoms with Crippen molar-refractivity contribution in [3.8, 4) is 0 Å². The summed E-state index contributed by atoms with van der Waals surface area (Å²) in [6.07, 6.45) is 7.59. The van der Waals surface area contributed by atoms with Crippen molar-refractivity contribution in [3.05, 3.63) is 66.0 Å². The van der Waals surface area contributed by atoms with Crippen LogP contribution in [0.5, 0.6) is 0 Å². The summed E-state index contributed by atoms with van der Waals surface area (Å²) in [7, 11) is 0. The Morgan fingerprint density at radius 3 is 2.58 bits per heavy atom. The van der Waals surface area contributed by atoms with Crippen molar-refractivity contribution in [2.45, 2.75) is 39.4 Å². The van der Waals surface area contributed by atoms with Gasteiger partial charge in [0.1, 0.15) is 5.82 Å². The van der Waals surface area contributed by atoms with Crippen LogP contribution in [0.2, 0.25) is 0 Å². The molecule has 2 aromatic heterocycles. The van der Waals surface area contributed by atoms with E-state index in [0.29, 0.717) is 13.1 Å². The molecule has 0 aliphatic heterocycles. The average molecular weight is 327 g/mol. The first-order valence-corrected chi connectivity index (χ1v) is 7.95. The molecule has 126 valence electrons. The molecule has 5 nitrogen and oxygen atoms in total. The van der Waals surface area contributed by atoms with Gasteiger partial charge in [0.05, 0.1) is 12.7 Å². The Bertz CT molecular complexity index is 795. The lowest BCUT2D eigenvalue weighted by molar-refractivity contribution is 0.401. The zero-order valence-corrected chi connectivity index (χ0v) is 14.2. The van der Waals surface area contributed by atoms with Crippen LogP contribution in [-0.2, 0) is 18.6 Å². The fraction of sp³-hybridized carbons (Fsp3) is 0.333. The van der Waals surface area contributed by atoms with E-state index in [4.69, 9.17) is 0 Å². The minimum absolute atomic E-state index is 0.0222. The lowest BCUT2D eigenvalue weighted by Gasteiger charge is -2.23. The lowest BCUT2D eigenvalue weighted by Crippen LogP contribution is -2.23. The van der Waals surface area contributed by atoms with Crippen LogP contribution >= 0.6 is 0 Å². The Labute approximate surface area is 141 Å². The molecule has 0 aliphatic carbocycles. The quantitative estimate of drug-likeness (QED) is 0.778. The third kappa shape index (κ3) is 3.82. The second-order valence-electron chi connectivity index (χ2n) is 6.82. The van der Waals surface area contributed by atoms with Gasteiger partial charge in [0.25, 0.3) is 0 Å². The standard InChI is InChI=1S/C18H22FN5/c1-18(2,3)24-9-8-20-17(24)21-10-15-11-22-23(13-15)12-14-4-6-16(19)7-5-14/h4-9,11,13H,10,12H2,1-3H3,(H,20,21). The molecule has 1 aromatic carbocycles. The van der Waals surface area contributed by atoms with Crippen molar-refractivity contribution in [1.82, 2.24) is 19.3 Å². The summed E-state index contributed by atoms with van der Waals surface area (Å²) in [4.78, 5) is 4.37. The Morgan fingerprint density at radius 1 is 1.12 bits per heavy atom. The molecule has 0 unspecified atom stereocenters. The van der Waals surface area contributed by atoms with Gasteiger partial charge in [0.2, 0.25) is 5.95 Å². The summed E-state index contributed by atoms with van der Waals surface area (Å²) in [5, 5.41) is 7.71. The van der Waals surface area contributed by atoms with Gasteiger partial charge in [-0.1, -0.05) is 12.1 Å². The molecule has 24 heavy (non-hydrogen) atoms. The van der Waals surface area contributed by atoms with Gasteiger partial charge < -0.3 is 9.88 Å². The normalized spacial score (nSPS) is 11.7. The highest BCUT2D eigenvalue weighted by molar-refractivity contribution is 5.29. The topological polar surface area (TPSA) is 47.7 Å².